The summed E-state index contributed by atoms with van der Waals surface area (Å²) in [6.07, 6.45) is 5.37. The number of para-hydroxylation sites is 1. The number of thiazole rings is 1. The summed E-state index contributed by atoms with van der Waals surface area (Å²) in [6, 6.07) is 19.5. The first kappa shape index (κ1) is 34.8. The number of allylic oxidation sites excluding steroid dienone is 1. The summed E-state index contributed by atoms with van der Waals surface area (Å²) in [4.78, 5) is 44.8. The highest BCUT2D eigenvalue weighted by molar-refractivity contribution is 7.07. The van der Waals surface area contributed by atoms with Gasteiger partial charge in [0, 0.05) is 24.2 Å². The molecule has 5 aromatic rings. The van der Waals surface area contributed by atoms with Crippen LogP contribution in [0, 0.1) is 6.92 Å². The molecule has 0 radical (unpaired) electrons. The van der Waals surface area contributed by atoms with Crippen LogP contribution in [0.15, 0.2) is 107 Å². The van der Waals surface area contributed by atoms with E-state index in [1.165, 1.54) is 29.9 Å². The summed E-state index contributed by atoms with van der Waals surface area (Å²) in [6.45, 7) is 10.9. The van der Waals surface area contributed by atoms with Crippen LogP contribution in [0.5, 0.6) is 17.2 Å². The normalized spacial score (nSPS) is 14.1. The zero-order valence-corrected chi connectivity index (χ0v) is 29.7. The van der Waals surface area contributed by atoms with Gasteiger partial charge in [0.25, 0.3) is 5.56 Å². The van der Waals surface area contributed by atoms with Gasteiger partial charge in [-0.25, -0.2) is 14.5 Å². The van der Waals surface area contributed by atoms with E-state index in [0.29, 0.717) is 38.5 Å². The zero-order valence-electron chi connectivity index (χ0n) is 28.8. The molecule has 1 aliphatic heterocycles. The standard InChI is InChI=1S/C39H36N4O7S/c1-7-18-49-30-16-14-26(19-23(30)3)35-28(22-42(41-35)29-12-10-9-11-13-29)21-33-37(45)43-36(27-15-17-31(50-25(5)44)32(20-27)47-6)34(38(46)48-8-2)24(4)40-39(43)51-33/h7,9-17,19-22,36H,1,8,18H2,2-6H3/b33-21+/t36-/m0/s1. The Morgan fingerprint density at radius 2 is 1.78 bits per heavy atom. The van der Waals surface area contributed by atoms with Crippen LogP contribution in [0.2, 0.25) is 0 Å². The van der Waals surface area contributed by atoms with Crippen LogP contribution in [-0.4, -0.2) is 46.6 Å². The largest absolute Gasteiger partial charge is 0.493 e. The van der Waals surface area contributed by atoms with E-state index in [9.17, 15) is 14.4 Å². The number of fused-ring (bicyclic) bond motifs is 1. The summed E-state index contributed by atoms with van der Waals surface area (Å²) < 4.78 is 25.7. The van der Waals surface area contributed by atoms with Crippen molar-refractivity contribution < 1.29 is 28.5 Å². The van der Waals surface area contributed by atoms with Crippen LogP contribution in [0.25, 0.3) is 23.0 Å². The van der Waals surface area contributed by atoms with Crippen LogP contribution < -0.4 is 29.1 Å². The Bertz CT molecular complexity index is 2370. The lowest BCUT2D eigenvalue weighted by Gasteiger charge is -2.25. The molecule has 3 aromatic carbocycles. The first-order chi connectivity index (χ1) is 24.6. The van der Waals surface area contributed by atoms with Crippen LogP contribution in [0.1, 0.15) is 43.5 Å². The number of nitrogens with zero attached hydrogens (tertiary/aromatic N) is 4. The Morgan fingerprint density at radius 3 is 2.47 bits per heavy atom. The number of carbonyl (C=O) groups is 2. The second-order valence-electron chi connectivity index (χ2n) is 11.6. The highest BCUT2D eigenvalue weighted by Crippen LogP contribution is 2.36. The Hall–Kier alpha value is -6.01. The van der Waals surface area contributed by atoms with Gasteiger partial charge in [-0.05, 0) is 80.4 Å². The average molecular weight is 705 g/mol. The monoisotopic (exact) mass is 704 g/mol. The van der Waals surface area contributed by atoms with E-state index >= 15 is 0 Å². The van der Waals surface area contributed by atoms with Crippen molar-refractivity contribution in [3.63, 3.8) is 0 Å². The Balaban J connectivity index is 1.54. The molecule has 0 aliphatic carbocycles. The number of benzene rings is 3. The summed E-state index contributed by atoms with van der Waals surface area (Å²) in [7, 11) is 1.45. The number of aryl methyl sites for hydroxylation is 1. The van der Waals surface area contributed by atoms with E-state index < -0.39 is 18.0 Å². The second-order valence-corrected chi connectivity index (χ2v) is 12.6. The van der Waals surface area contributed by atoms with Gasteiger partial charge in [-0.15, -0.1) is 0 Å². The minimum absolute atomic E-state index is 0.135. The molecule has 0 saturated carbocycles. The minimum Gasteiger partial charge on any atom is -0.493 e. The number of rotatable bonds is 11. The van der Waals surface area contributed by atoms with Gasteiger partial charge in [0.2, 0.25) is 0 Å². The van der Waals surface area contributed by atoms with Gasteiger partial charge in [-0.2, -0.15) is 5.10 Å². The van der Waals surface area contributed by atoms with Crippen molar-refractivity contribution in [2.75, 3.05) is 20.3 Å². The SMILES string of the molecule is C=CCOc1ccc(-c2nn(-c3ccccc3)cc2/C=c2/sc3n(c2=O)[C@@H](c2ccc(OC(C)=O)c(OC)c2)C(C(=O)OCC)=C(C)N=3)cc1C. The lowest BCUT2D eigenvalue weighted by Crippen LogP contribution is -2.40. The van der Waals surface area contributed by atoms with E-state index in [1.807, 2.05) is 61.7 Å². The van der Waals surface area contributed by atoms with Crippen molar-refractivity contribution in [3.8, 4) is 34.2 Å². The number of esters is 2. The Labute approximate surface area is 298 Å². The van der Waals surface area contributed by atoms with E-state index in [-0.39, 0.29) is 29.2 Å². The number of methoxy groups -OCH3 is 1. The molecule has 0 saturated heterocycles. The Morgan fingerprint density at radius 1 is 1.02 bits per heavy atom. The molecule has 2 aromatic heterocycles. The van der Waals surface area contributed by atoms with Gasteiger partial charge in [0.1, 0.15) is 18.1 Å². The molecular weight excluding hydrogens is 669 g/mol. The van der Waals surface area contributed by atoms with Crippen molar-refractivity contribution >= 4 is 29.4 Å². The molecule has 3 heterocycles. The maximum Gasteiger partial charge on any atom is 0.338 e. The average Bonchev–Trinajstić information content (AvgIpc) is 3.67. The predicted molar refractivity (Wildman–Crippen MR) is 194 cm³/mol. The lowest BCUT2D eigenvalue weighted by atomic mass is 9.95. The second kappa shape index (κ2) is 14.9. The van der Waals surface area contributed by atoms with Gasteiger partial charge in [-0.1, -0.05) is 48.3 Å². The van der Waals surface area contributed by atoms with Gasteiger partial charge in [-0.3, -0.25) is 14.2 Å². The Kier molecular flexibility index (Phi) is 10.1. The number of carbonyl (C=O) groups excluding carboxylic acids is 2. The van der Waals surface area contributed by atoms with E-state index in [2.05, 4.69) is 6.58 Å². The topological polar surface area (TPSA) is 123 Å². The zero-order chi connectivity index (χ0) is 36.2. The highest BCUT2D eigenvalue weighted by atomic mass is 32.1. The molecule has 6 rings (SSSR count). The van der Waals surface area contributed by atoms with Crippen molar-refractivity contribution in [1.29, 1.82) is 0 Å². The first-order valence-corrected chi connectivity index (χ1v) is 17.0. The molecule has 0 unspecified atom stereocenters. The molecule has 260 valence electrons. The number of hydrogen-bond donors (Lipinski definition) is 0. The summed E-state index contributed by atoms with van der Waals surface area (Å²) >= 11 is 1.21. The molecule has 0 spiro atoms. The van der Waals surface area contributed by atoms with E-state index in [1.54, 1.807) is 48.9 Å². The molecule has 51 heavy (non-hydrogen) atoms. The van der Waals surface area contributed by atoms with Crippen molar-refractivity contribution in [2.45, 2.75) is 33.7 Å². The molecule has 0 fully saturated rings. The smallest absolute Gasteiger partial charge is 0.338 e. The van der Waals surface area contributed by atoms with Crippen LogP contribution >= 0.6 is 11.3 Å². The fraction of sp³-hybridized carbons (Fsp3) is 0.205. The minimum atomic E-state index is -0.903. The molecule has 12 heteroatoms. The van der Waals surface area contributed by atoms with E-state index in [0.717, 1.165) is 22.6 Å². The number of hydrogen-bond acceptors (Lipinski definition) is 10. The summed E-state index contributed by atoms with van der Waals surface area (Å²) in [5.74, 6) is 0.0960. The third-order valence-electron chi connectivity index (χ3n) is 8.13. The predicted octanol–water partition coefficient (Wildman–Crippen LogP) is 5.46. The molecule has 1 atom stereocenters. The van der Waals surface area contributed by atoms with E-state index in [4.69, 9.17) is 29.0 Å². The fourth-order valence-electron chi connectivity index (χ4n) is 5.88. The molecular formula is C39H36N4O7S. The molecule has 11 nitrogen and oxygen atoms in total. The van der Waals surface area contributed by atoms with Crippen molar-refractivity contribution in [2.24, 2.45) is 4.99 Å². The van der Waals surface area contributed by atoms with Gasteiger partial charge >= 0.3 is 11.9 Å². The number of ether oxygens (including phenoxy) is 4. The third kappa shape index (κ3) is 7.04. The van der Waals surface area contributed by atoms with Crippen LogP contribution in [-0.2, 0) is 14.3 Å². The molecule has 0 bridgehead atoms. The molecule has 1 aliphatic rings. The quantitative estimate of drug-likeness (QED) is 0.101. The van der Waals surface area contributed by atoms with Gasteiger partial charge in [0.15, 0.2) is 16.3 Å². The first-order valence-electron chi connectivity index (χ1n) is 16.2. The highest BCUT2D eigenvalue weighted by Gasteiger charge is 2.34. The van der Waals surface area contributed by atoms with Crippen molar-refractivity contribution in [3.05, 3.63) is 133 Å². The van der Waals surface area contributed by atoms with Crippen molar-refractivity contribution in [1.82, 2.24) is 14.3 Å². The summed E-state index contributed by atoms with van der Waals surface area (Å²) in [5, 5.41) is 4.95. The molecule has 0 amide bonds. The third-order valence-corrected chi connectivity index (χ3v) is 9.11. The van der Waals surface area contributed by atoms with Crippen LogP contribution in [0.3, 0.4) is 0 Å². The maximum absolute atomic E-state index is 14.5. The molecule has 0 N–H and O–H groups in total. The maximum atomic E-state index is 14.5. The van der Waals surface area contributed by atoms with Gasteiger partial charge in [0.05, 0.1) is 41.2 Å². The van der Waals surface area contributed by atoms with Gasteiger partial charge < -0.3 is 18.9 Å². The lowest BCUT2D eigenvalue weighted by molar-refractivity contribution is -0.139. The fourth-order valence-corrected chi connectivity index (χ4v) is 6.92. The van der Waals surface area contributed by atoms with Crippen LogP contribution in [0.4, 0.5) is 0 Å². The summed E-state index contributed by atoms with van der Waals surface area (Å²) in [5.41, 5.74) is 4.79. The number of aromatic nitrogens is 3.